The molecule has 0 saturated heterocycles. The lowest BCUT2D eigenvalue weighted by atomic mass is 9.75. The fourth-order valence-electron chi connectivity index (χ4n) is 3.04. The third-order valence-corrected chi connectivity index (χ3v) is 5.54. The fourth-order valence-corrected chi connectivity index (χ4v) is 5.17. The number of rotatable bonds is 8. The molecule has 0 aromatic carbocycles. The van der Waals surface area contributed by atoms with Gasteiger partial charge in [-0.1, -0.05) is 67.0 Å². The third-order valence-electron chi connectivity index (χ3n) is 4.07. The summed E-state index contributed by atoms with van der Waals surface area (Å²) >= 11 is 2.17. The topological polar surface area (TPSA) is 0 Å². The first kappa shape index (κ1) is 19.2. The molecule has 0 spiro atoms. The highest BCUT2D eigenvalue weighted by atomic mass is 32.2. The van der Waals surface area contributed by atoms with E-state index in [1.807, 2.05) is 0 Å². The second-order valence-electron chi connectivity index (χ2n) is 7.80. The lowest BCUT2D eigenvalue weighted by Gasteiger charge is -2.39. The van der Waals surface area contributed by atoms with Gasteiger partial charge >= 0.3 is 0 Å². The van der Waals surface area contributed by atoms with Gasteiger partial charge in [-0.05, 0) is 35.7 Å². The van der Waals surface area contributed by atoms with Crippen LogP contribution in [0.25, 0.3) is 0 Å². The molecule has 0 aliphatic rings. The minimum absolute atomic E-state index is 0.293. The van der Waals surface area contributed by atoms with Gasteiger partial charge in [-0.25, -0.2) is 0 Å². The summed E-state index contributed by atoms with van der Waals surface area (Å²) in [7, 11) is 2.39. The van der Waals surface area contributed by atoms with E-state index < -0.39 is 0 Å². The maximum atomic E-state index is 2.41. The molecule has 112 valence electrons. The molecule has 0 amide bonds. The van der Waals surface area contributed by atoms with Gasteiger partial charge in [0.1, 0.15) is 7.85 Å². The van der Waals surface area contributed by atoms with Crippen LogP contribution in [0.5, 0.6) is 0 Å². The van der Waals surface area contributed by atoms with Crippen LogP contribution in [-0.4, -0.2) is 17.2 Å². The summed E-state index contributed by atoms with van der Waals surface area (Å²) in [6.07, 6.45) is 8.39. The van der Waals surface area contributed by atoms with E-state index >= 15 is 0 Å². The maximum Gasteiger partial charge on any atom is 0.122 e. The minimum atomic E-state index is 0.293. The Morgan fingerprint density at radius 1 is 1.16 bits per heavy atom. The van der Waals surface area contributed by atoms with Crippen LogP contribution in [0.4, 0.5) is 0 Å². The largest absolute Gasteiger partial charge is 0.158 e. The van der Waals surface area contributed by atoms with Crippen LogP contribution in [0, 0.1) is 11.3 Å². The van der Waals surface area contributed by atoms with Gasteiger partial charge in [-0.15, -0.1) is 0 Å². The predicted octanol–water partition coefficient (Wildman–Crippen LogP) is 5.28. The summed E-state index contributed by atoms with van der Waals surface area (Å²) in [6, 6.07) is 0. The van der Waals surface area contributed by atoms with E-state index in [1.165, 1.54) is 19.3 Å². The number of hydrogen-bond donors (Lipinski definition) is 0. The molecule has 0 fully saturated rings. The van der Waals surface area contributed by atoms with E-state index in [1.54, 1.807) is 0 Å². The third kappa shape index (κ3) is 7.49. The van der Waals surface area contributed by atoms with E-state index in [4.69, 9.17) is 0 Å². The van der Waals surface area contributed by atoms with E-state index in [9.17, 15) is 0 Å². The van der Waals surface area contributed by atoms with Crippen LogP contribution in [0.3, 0.4) is 0 Å². The van der Waals surface area contributed by atoms with Crippen LogP contribution in [0.1, 0.15) is 74.7 Å². The summed E-state index contributed by atoms with van der Waals surface area (Å²) in [5, 5.41) is 0. The average molecular weight is 282 g/mol. The SMILES string of the molecule is BC(C)(CCC)SC(C)(C)CC(C)C(C)(C)C=CC. The maximum absolute atomic E-state index is 2.41. The first-order chi connectivity index (χ1) is 8.46. The van der Waals surface area contributed by atoms with Crippen molar-refractivity contribution in [1.82, 2.24) is 0 Å². The van der Waals surface area contributed by atoms with Gasteiger partial charge in [0, 0.05) is 4.75 Å². The lowest BCUT2D eigenvalue weighted by Crippen LogP contribution is -2.33. The first-order valence-corrected chi connectivity index (χ1v) is 8.61. The molecule has 0 rings (SSSR count). The monoisotopic (exact) mass is 282 g/mol. The van der Waals surface area contributed by atoms with Crippen molar-refractivity contribution in [2.45, 2.75) is 84.0 Å². The van der Waals surface area contributed by atoms with Crippen LogP contribution in [0.15, 0.2) is 12.2 Å². The van der Waals surface area contributed by atoms with Gasteiger partial charge in [-0.3, -0.25) is 0 Å². The van der Waals surface area contributed by atoms with Crippen LogP contribution in [-0.2, 0) is 0 Å². The normalized spacial score (nSPS) is 18.5. The zero-order chi connectivity index (χ0) is 15.3. The highest BCUT2D eigenvalue weighted by Gasteiger charge is 2.33. The number of allylic oxidation sites excluding steroid dienone is 2. The number of thioether (sulfide) groups is 1. The van der Waals surface area contributed by atoms with Crippen molar-refractivity contribution in [2.24, 2.45) is 11.3 Å². The molecule has 2 atom stereocenters. The Morgan fingerprint density at radius 2 is 1.68 bits per heavy atom. The molecule has 0 N–H and O–H groups in total. The van der Waals surface area contributed by atoms with Crippen molar-refractivity contribution in [3.63, 3.8) is 0 Å². The minimum Gasteiger partial charge on any atom is -0.158 e. The molecule has 0 heterocycles. The first-order valence-electron chi connectivity index (χ1n) is 7.80. The summed E-state index contributed by atoms with van der Waals surface area (Å²) in [4.78, 5) is 0. The van der Waals surface area contributed by atoms with Crippen LogP contribution >= 0.6 is 11.8 Å². The zero-order valence-electron chi connectivity index (χ0n) is 14.8. The Morgan fingerprint density at radius 3 is 2.11 bits per heavy atom. The van der Waals surface area contributed by atoms with Crippen molar-refractivity contribution in [1.29, 1.82) is 0 Å². The zero-order valence-corrected chi connectivity index (χ0v) is 15.6. The van der Waals surface area contributed by atoms with Gasteiger partial charge in [-0.2, -0.15) is 11.8 Å². The van der Waals surface area contributed by atoms with Crippen molar-refractivity contribution in [3.8, 4) is 0 Å². The fraction of sp³-hybridized carbons (Fsp3) is 0.882. The Bertz CT molecular complexity index is 290. The van der Waals surface area contributed by atoms with E-state index in [0.717, 1.165) is 0 Å². The smallest absolute Gasteiger partial charge is 0.122 e. The van der Waals surface area contributed by atoms with E-state index in [0.29, 0.717) is 20.7 Å². The van der Waals surface area contributed by atoms with Crippen molar-refractivity contribution >= 4 is 19.6 Å². The van der Waals surface area contributed by atoms with Crippen molar-refractivity contribution < 1.29 is 0 Å². The highest BCUT2D eigenvalue weighted by molar-refractivity contribution is 8.03. The number of hydrogen-bond acceptors (Lipinski definition) is 1. The molecule has 0 aliphatic heterocycles. The van der Waals surface area contributed by atoms with Gasteiger partial charge < -0.3 is 0 Å². The molecule has 0 saturated carbocycles. The van der Waals surface area contributed by atoms with E-state index in [2.05, 4.69) is 87.2 Å². The van der Waals surface area contributed by atoms with Crippen molar-refractivity contribution in [2.75, 3.05) is 0 Å². The molecule has 0 radical (unpaired) electrons. The summed E-state index contributed by atoms with van der Waals surface area (Å²) in [6.45, 7) is 18.7. The molecular formula is C17H35BS. The standard InChI is InChI=1S/C17H35BS/c1-9-11-15(4,5)14(3)13-16(6,7)19-17(8,18)12-10-2/h9,11,14H,10,12-13,18H2,1-8H3. The van der Waals surface area contributed by atoms with Gasteiger partial charge in [0.05, 0.1) is 0 Å². The summed E-state index contributed by atoms with van der Waals surface area (Å²) in [5.74, 6) is 0.698. The Labute approximate surface area is 127 Å². The van der Waals surface area contributed by atoms with Gasteiger partial charge in [0.2, 0.25) is 0 Å². The average Bonchev–Trinajstić information content (AvgIpc) is 2.13. The molecular weight excluding hydrogens is 247 g/mol. The van der Waals surface area contributed by atoms with Crippen molar-refractivity contribution in [3.05, 3.63) is 12.2 Å². The molecule has 0 bridgehead atoms. The van der Waals surface area contributed by atoms with Crippen LogP contribution < -0.4 is 0 Å². The summed E-state index contributed by atoms with van der Waals surface area (Å²) in [5.41, 5.74) is 0.293. The summed E-state index contributed by atoms with van der Waals surface area (Å²) < 4.78 is 0.736. The quantitative estimate of drug-likeness (QED) is 0.431. The molecule has 0 nitrogen and oxygen atoms in total. The van der Waals surface area contributed by atoms with Gasteiger partial charge in [0.25, 0.3) is 0 Å². The van der Waals surface area contributed by atoms with E-state index in [-0.39, 0.29) is 0 Å². The highest BCUT2D eigenvalue weighted by Crippen LogP contribution is 2.44. The second kappa shape index (κ2) is 7.25. The molecule has 0 aliphatic carbocycles. The lowest BCUT2D eigenvalue weighted by molar-refractivity contribution is 0.270. The molecule has 2 unspecified atom stereocenters. The molecule has 2 heteroatoms. The molecule has 0 aromatic rings. The van der Waals surface area contributed by atoms with Crippen LogP contribution in [0.2, 0.25) is 0 Å². The Kier molecular flexibility index (Phi) is 7.30. The second-order valence-corrected chi connectivity index (χ2v) is 10.2. The Hall–Kier alpha value is 0.155. The Balaban J connectivity index is 4.68. The molecule has 0 aromatic heterocycles. The predicted molar refractivity (Wildman–Crippen MR) is 95.9 cm³/mol. The molecule has 19 heavy (non-hydrogen) atoms. The van der Waals surface area contributed by atoms with Gasteiger partial charge in [0.15, 0.2) is 0 Å².